The highest BCUT2D eigenvalue weighted by molar-refractivity contribution is 6.30. The maximum absolute atomic E-state index is 12.2. The van der Waals surface area contributed by atoms with Crippen molar-refractivity contribution >= 4 is 17.4 Å². The van der Waals surface area contributed by atoms with Crippen molar-refractivity contribution in [2.45, 2.75) is 13.3 Å². The molecule has 0 aliphatic heterocycles. The number of nitrogens with two attached hydrogens (primary N) is 1. The van der Waals surface area contributed by atoms with Crippen LogP contribution in [0.4, 0.5) is 14.6 Å². The van der Waals surface area contributed by atoms with Crippen LogP contribution in [0.1, 0.15) is 17.6 Å². The molecule has 0 amide bonds. The SMILES string of the molecule is Cc1cc(C(F)F)c(N)nc1Cl. The molecule has 0 unspecified atom stereocenters. The van der Waals surface area contributed by atoms with Gasteiger partial charge in [-0.05, 0) is 18.6 Å². The molecule has 0 saturated heterocycles. The molecule has 0 saturated carbocycles. The molecule has 1 heterocycles. The summed E-state index contributed by atoms with van der Waals surface area (Å²) in [7, 11) is 0. The Morgan fingerprint density at radius 3 is 2.67 bits per heavy atom. The Labute approximate surface area is 73.4 Å². The zero-order valence-electron chi connectivity index (χ0n) is 6.31. The normalized spacial score (nSPS) is 10.8. The zero-order valence-corrected chi connectivity index (χ0v) is 7.07. The van der Waals surface area contributed by atoms with Crippen LogP contribution in [0, 0.1) is 6.92 Å². The minimum Gasteiger partial charge on any atom is -0.383 e. The van der Waals surface area contributed by atoms with Gasteiger partial charge >= 0.3 is 0 Å². The van der Waals surface area contributed by atoms with E-state index in [0.717, 1.165) is 0 Å². The van der Waals surface area contributed by atoms with Crippen LogP contribution < -0.4 is 5.73 Å². The summed E-state index contributed by atoms with van der Waals surface area (Å²) in [5.41, 5.74) is 5.45. The maximum Gasteiger partial charge on any atom is 0.267 e. The van der Waals surface area contributed by atoms with E-state index in [4.69, 9.17) is 17.3 Å². The topological polar surface area (TPSA) is 38.9 Å². The first-order valence-electron chi connectivity index (χ1n) is 3.23. The number of nitrogen functional groups attached to an aromatic ring is 1. The van der Waals surface area contributed by atoms with Gasteiger partial charge in [0.25, 0.3) is 6.43 Å². The third-order valence-electron chi connectivity index (χ3n) is 1.45. The largest absolute Gasteiger partial charge is 0.383 e. The van der Waals surface area contributed by atoms with E-state index in [-0.39, 0.29) is 16.5 Å². The van der Waals surface area contributed by atoms with Gasteiger partial charge in [0.2, 0.25) is 0 Å². The number of pyridine rings is 1. The molecule has 2 N–H and O–H groups in total. The Bertz CT molecular complexity index is 302. The fourth-order valence-corrected chi connectivity index (χ4v) is 0.946. The highest BCUT2D eigenvalue weighted by Gasteiger charge is 2.13. The lowest BCUT2D eigenvalue weighted by molar-refractivity contribution is 0.152. The van der Waals surface area contributed by atoms with Crippen molar-refractivity contribution in [2.24, 2.45) is 0 Å². The lowest BCUT2D eigenvalue weighted by Gasteiger charge is -2.05. The number of rotatable bonds is 1. The molecule has 1 rings (SSSR count). The highest BCUT2D eigenvalue weighted by atomic mass is 35.5. The monoisotopic (exact) mass is 192 g/mol. The molecule has 0 spiro atoms. The third-order valence-corrected chi connectivity index (χ3v) is 1.83. The molecule has 12 heavy (non-hydrogen) atoms. The molecule has 1 aromatic heterocycles. The summed E-state index contributed by atoms with van der Waals surface area (Å²) in [5.74, 6) is -0.208. The third kappa shape index (κ3) is 1.64. The van der Waals surface area contributed by atoms with Crippen LogP contribution in [-0.4, -0.2) is 4.98 Å². The van der Waals surface area contributed by atoms with Gasteiger partial charge in [0, 0.05) is 0 Å². The number of aromatic nitrogens is 1. The number of aryl methyl sites for hydroxylation is 1. The minimum atomic E-state index is -2.60. The van der Waals surface area contributed by atoms with Crippen molar-refractivity contribution in [2.75, 3.05) is 5.73 Å². The minimum absolute atomic E-state index is 0.164. The van der Waals surface area contributed by atoms with Gasteiger partial charge in [-0.2, -0.15) is 0 Å². The molecule has 5 heteroatoms. The Kier molecular flexibility index (Phi) is 2.47. The average Bonchev–Trinajstić information content (AvgIpc) is 1.96. The second kappa shape index (κ2) is 3.23. The molecule has 0 fully saturated rings. The van der Waals surface area contributed by atoms with Gasteiger partial charge in [-0.25, -0.2) is 13.8 Å². The summed E-state index contributed by atoms with van der Waals surface area (Å²) >= 11 is 5.55. The summed E-state index contributed by atoms with van der Waals surface area (Å²) < 4.78 is 24.4. The van der Waals surface area contributed by atoms with Crippen molar-refractivity contribution < 1.29 is 8.78 Å². The van der Waals surface area contributed by atoms with Gasteiger partial charge in [0.1, 0.15) is 11.0 Å². The summed E-state index contributed by atoms with van der Waals surface area (Å²) in [6.07, 6.45) is -2.60. The van der Waals surface area contributed by atoms with Crippen LogP contribution >= 0.6 is 11.6 Å². The van der Waals surface area contributed by atoms with Gasteiger partial charge in [-0.1, -0.05) is 11.6 Å². The van der Waals surface area contributed by atoms with Gasteiger partial charge in [-0.3, -0.25) is 0 Å². The van der Waals surface area contributed by atoms with E-state index in [9.17, 15) is 8.78 Å². The Morgan fingerprint density at radius 1 is 1.58 bits per heavy atom. The smallest absolute Gasteiger partial charge is 0.267 e. The predicted octanol–water partition coefficient (Wildman–Crippen LogP) is 2.56. The molecule has 1 aromatic rings. The molecule has 0 aliphatic rings. The average molecular weight is 193 g/mol. The molecule has 0 radical (unpaired) electrons. The van der Waals surface area contributed by atoms with Gasteiger partial charge in [0.15, 0.2) is 0 Å². The van der Waals surface area contributed by atoms with Crippen LogP contribution in [0.25, 0.3) is 0 Å². The maximum atomic E-state index is 12.2. The second-order valence-electron chi connectivity index (χ2n) is 2.37. The molecular weight excluding hydrogens is 186 g/mol. The summed E-state index contributed by atoms with van der Waals surface area (Å²) in [6, 6.07) is 1.25. The van der Waals surface area contributed by atoms with Crippen molar-refractivity contribution in [3.63, 3.8) is 0 Å². The summed E-state index contributed by atoms with van der Waals surface area (Å²) in [5, 5.41) is 0.164. The van der Waals surface area contributed by atoms with Gasteiger partial charge < -0.3 is 5.73 Å². The van der Waals surface area contributed by atoms with Crippen LogP contribution in [-0.2, 0) is 0 Å². The van der Waals surface area contributed by atoms with Crippen molar-refractivity contribution in [3.05, 3.63) is 22.3 Å². The zero-order chi connectivity index (χ0) is 9.30. The second-order valence-corrected chi connectivity index (χ2v) is 2.73. The van der Waals surface area contributed by atoms with E-state index >= 15 is 0 Å². The van der Waals surface area contributed by atoms with E-state index < -0.39 is 6.43 Å². The lowest BCUT2D eigenvalue weighted by atomic mass is 10.2. The van der Waals surface area contributed by atoms with E-state index in [1.165, 1.54) is 6.07 Å². The van der Waals surface area contributed by atoms with E-state index in [2.05, 4.69) is 4.98 Å². The fraction of sp³-hybridized carbons (Fsp3) is 0.286. The number of anilines is 1. The van der Waals surface area contributed by atoms with E-state index in [0.29, 0.717) is 5.56 Å². The molecule has 0 aromatic carbocycles. The quantitative estimate of drug-likeness (QED) is 0.695. The summed E-state index contributed by atoms with van der Waals surface area (Å²) in [4.78, 5) is 3.56. The number of hydrogen-bond donors (Lipinski definition) is 1. The number of nitrogens with zero attached hydrogens (tertiary/aromatic N) is 1. The summed E-state index contributed by atoms with van der Waals surface area (Å²) in [6.45, 7) is 1.60. The first-order chi connectivity index (χ1) is 5.52. The van der Waals surface area contributed by atoms with Crippen LogP contribution in [0.5, 0.6) is 0 Å². The van der Waals surface area contributed by atoms with Crippen LogP contribution in [0.15, 0.2) is 6.07 Å². The Hall–Kier alpha value is -0.900. The van der Waals surface area contributed by atoms with Crippen LogP contribution in [0.3, 0.4) is 0 Å². The first kappa shape index (κ1) is 9.19. The highest BCUT2D eigenvalue weighted by Crippen LogP contribution is 2.26. The lowest BCUT2D eigenvalue weighted by Crippen LogP contribution is -1.99. The van der Waals surface area contributed by atoms with Crippen molar-refractivity contribution in [3.8, 4) is 0 Å². The molecule has 0 bridgehead atoms. The fourth-order valence-electron chi connectivity index (χ4n) is 0.800. The number of hydrogen-bond acceptors (Lipinski definition) is 2. The van der Waals surface area contributed by atoms with Gasteiger partial charge in [-0.15, -0.1) is 0 Å². The number of alkyl halides is 2. The number of halogens is 3. The van der Waals surface area contributed by atoms with E-state index in [1.807, 2.05) is 0 Å². The predicted molar refractivity (Wildman–Crippen MR) is 43.4 cm³/mol. The standard InChI is InChI=1S/C7H7ClF2N2/c1-3-2-4(6(9)10)7(11)12-5(3)8/h2,6H,1H3,(H2,11,12). The Balaban J connectivity index is 3.23. The van der Waals surface area contributed by atoms with Crippen LogP contribution in [0.2, 0.25) is 5.15 Å². The van der Waals surface area contributed by atoms with Crippen molar-refractivity contribution in [1.29, 1.82) is 0 Å². The van der Waals surface area contributed by atoms with Crippen molar-refractivity contribution in [1.82, 2.24) is 4.98 Å². The molecule has 66 valence electrons. The first-order valence-corrected chi connectivity index (χ1v) is 3.61. The van der Waals surface area contributed by atoms with Gasteiger partial charge in [0.05, 0.1) is 5.56 Å². The molecule has 2 nitrogen and oxygen atoms in total. The van der Waals surface area contributed by atoms with E-state index in [1.54, 1.807) is 6.92 Å². The Morgan fingerprint density at radius 2 is 2.17 bits per heavy atom. The molecule has 0 aliphatic carbocycles. The molecule has 0 atom stereocenters. The molecular formula is C7H7ClF2N2.